The van der Waals surface area contributed by atoms with Gasteiger partial charge in [-0.2, -0.15) is 0 Å². The molecule has 0 saturated carbocycles. The second-order valence-corrected chi connectivity index (χ2v) is 6.80. The number of carboxylic acid groups (broad SMARTS) is 2. The van der Waals surface area contributed by atoms with E-state index < -0.39 is 11.9 Å². The third-order valence-corrected chi connectivity index (χ3v) is 5.72. The van der Waals surface area contributed by atoms with Gasteiger partial charge < -0.3 is 10.2 Å². The summed E-state index contributed by atoms with van der Waals surface area (Å²) >= 11 is 3.78. The Labute approximate surface area is 151 Å². The molecular weight excluding hydrogens is 514 g/mol. The van der Waals surface area contributed by atoms with Gasteiger partial charge in [-0.05, 0) is 69.4 Å². The number of rotatable bonds is 2. The molecule has 3 rings (SSSR count). The van der Waals surface area contributed by atoms with E-state index in [0.29, 0.717) is 29.4 Å². The third kappa shape index (κ3) is 2.06. The molecule has 0 fully saturated rings. The molecule has 0 radical (unpaired) electrons. The van der Waals surface area contributed by atoms with E-state index in [-0.39, 0.29) is 16.9 Å². The molecule has 22 heavy (non-hydrogen) atoms. The smallest absolute Gasteiger partial charge is 0.336 e. The van der Waals surface area contributed by atoms with Crippen LogP contribution in [0.15, 0.2) is 24.3 Å². The van der Waals surface area contributed by atoms with E-state index >= 15 is 0 Å². The molecule has 110 valence electrons. The summed E-state index contributed by atoms with van der Waals surface area (Å²) in [5.41, 5.74) is 2.02. The molecule has 0 unspecified atom stereocenters. The van der Waals surface area contributed by atoms with E-state index in [0.717, 1.165) is 0 Å². The Bertz CT molecular complexity index is 814. The molecule has 2 aromatic carbocycles. The molecule has 0 amide bonds. The van der Waals surface area contributed by atoms with E-state index in [4.69, 9.17) is 0 Å². The van der Waals surface area contributed by atoms with Gasteiger partial charge in [-0.15, -0.1) is 0 Å². The molecule has 2 aromatic rings. The normalized spacial score (nSPS) is 12.0. The summed E-state index contributed by atoms with van der Waals surface area (Å²) in [6.07, 6.45) is 0. The Kier molecular flexibility index (Phi) is 3.71. The molecule has 0 bridgehead atoms. The average Bonchev–Trinajstić information content (AvgIpc) is 2.74. The number of benzene rings is 2. The molecule has 0 spiro atoms. The SMILES string of the molecule is O=C(O)c1ccc2c(c1I)-c1c(ccc(C(=O)O)c1I)C2=O. The van der Waals surface area contributed by atoms with Crippen molar-refractivity contribution in [3.63, 3.8) is 0 Å². The summed E-state index contributed by atoms with van der Waals surface area (Å²) in [4.78, 5) is 35.0. The van der Waals surface area contributed by atoms with Gasteiger partial charge in [-0.25, -0.2) is 9.59 Å². The highest BCUT2D eigenvalue weighted by Crippen LogP contribution is 2.44. The summed E-state index contributed by atoms with van der Waals surface area (Å²) < 4.78 is 0.880. The first-order valence-electron chi connectivity index (χ1n) is 6.01. The Morgan fingerprint density at radius 1 is 0.773 bits per heavy atom. The molecular formula is C15H6I2O5. The zero-order valence-electron chi connectivity index (χ0n) is 10.7. The van der Waals surface area contributed by atoms with E-state index in [1.807, 2.05) is 45.2 Å². The van der Waals surface area contributed by atoms with Crippen molar-refractivity contribution in [3.05, 3.63) is 53.7 Å². The largest absolute Gasteiger partial charge is 0.478 e. The number of hydrogen-bond acceptors (Lipinski definition) is 3. The van der Waals surface area contributed by atoms with Crippen LogP contribution in [-0.4, -0.2) is 27.9 Å². The first-order chi connectivity index (χ1) is 10.3. The monoisotopic (exact) mass is 520 g/mol. The summed E-state index contributed by atoms with van der Waals surface area (Å²) in [5.74, 6) is -2.38. The fourth-order valence-electron chi connectivity index (χ4n) is 2.49. The van der Waals surface area contributed by atoms with Crippen molar-refractivity contribution in [2.45, 2.75) is 0 Å². The van der Waals surface area contributed by atoms with Crippen molar-refractivity contribution >= 4 is 62.9 Å². The number of carbonyl (C=O) groups is 3. The van der Waals surface area contributed by atoms with Gasteiger partial charge in [-0.3, -0.25) is 4.79 Å². The van der Waals surface area contributed by atoms with Crippen LogP contribution in [0.1, 0.15) is 36.6 Å². The standard InChI is InChI=1S/C15H6I2O5/c16-11-7(14(19)20)3-1-5-9(11)10-6(13(5)18)2-4-8(12(10)17)15(21)22/h1-4H,(H,19,20)(H,21,22). The van der Waals surface area contributed by atoms with E-state index in [2.05, 4.69) is 0 Å². The van der Waals surface area contributed by atoms with E-state index in [1.54, 1.807) is 0 Å². The zero-order valence-corrected chi connectivity index (χ0v) is 15.0. The van der Waals surface area contributed by atoms with Crippen LogP contribution < -0.4 is 0 Å². The van der Waals surface area contributed by atoms with Crippen molar-refractivity contribution in [1.82, 2.24) is 0 Å². The van der Waals surface area contributed by atoms with Crippen molar-refractivity contribution in [3.8, 4) is 11.1 Å². The van der Waals surface area contributed by atoms with Gasteiger partial charge in [0.2, 0.25) is 0 Å². The molecule has 1 aliphatic rings. The predicted octanol–water partition coefficient (Wildman–Crippen LogP) is 3.50. The van der Waals surface area contributed by atoms with Crippen LogP contribution in [0.5, 0.6) is 0 Å². The number of hydrogen-bond donors (Lipinski definition) is 2. The Hall–Kier alpha value is -1.49. The minimum Gasteiger partial charge on any atom is -0.478 e. The van der Waals surface area contributed by atoms with Gasteiger partial charge in [0.05, 0.1) is 11.1 Å². The number of ketones is 1. The summed E-state index contributed by atoms with van der Waals surface area (Å²) in [5, 5.41) is 18.5. The first-order valence-corrected chi connectivity index (χ1v) is 8.17. The quantitative estimate of drug-likeness (QED) is 0.506. The lowest BCUT2D eigenvalue weighted by Crippen LogP contribution is -2.04. The van der Waals surface area contributed by atoms with Crippen molar-refractivity contribution in [1.29, 1.82) is 0 Å². The van der Waals surface area contributed by atoms with Gasteiger partial charge in [0.25, 0.3) is 0 Å². The van der Waals surface area contributed by atoms with Gasteiger partial charge >= 0.3 is 11.9 Å². The molecule has 1 aliphatic carbocycles. The highest BCUT2D eigenvalue weighted by Gasteiger charge is 2.33. The molecule has 0 heterocycles. The topological polar surface area (TPSA) is 91.7 Å². The maximum atomic E-state index is 12.5. The number of carboxylic acids is 2. The first kappa shape index (κ1) is 15.4. The summed E-state index contributed by atoms with van der Waals surface area (Å²) in [7, 11) is 0. The van der Waals surface area contributed by atoms with Crippen molar-refractivity contribution < 1.29 is 24.6 Å². The lowest BCUT2D eigenvalue weighted by molar-refractivity contribution is 0.0684. The van der Waals surface area contributed by atoms with E-state index in [9.17, 15) is 24.6 Å². The number of halogens is 2. The number of fused-ring (bicyclic) bond motifs is 3. The number of carbonyl (C=O) groups excluding carboxylic acids is 1. The number of aromatic carboxylic acids is 2. The predicted molar refractivity (Wildman–Crippen MR) is 94.7 cm³/mol. The van der Waals surface area contributed by atoms with Gasteiger partial charge in [0, 0.05) is 29.4 Å². The maximum absolute atomic E-state index is 12.5. The second kappa shape index (κ2) is 5.30. The fourth-order valence-corrected chi connectivity index (χ4v) is 4.44. The van der Waals surface area contributed by atoms with E-state index in [1.165, 1.54) is 24.3 Å². The van der Waals surface area contributed by atoms with Crippen molar-refractivity contribution in [2.24, 2.45) is 0 Å². The van der Waals surface area contributed by atoms with Crippen LogP contribution in [0.25, 0.3) is 11.1 Å². The Balaban J connectivity index is 2.42. The minimum atomic E-state index is -1.09. The van der Waals surface area contributed by atoms with Crippen LogP contribution in [0.3, 0.4) is 0 Å². The molecule has 0 aromatic heterocycles. The Morgan fingerprint density at radius 2 is 1.14 bits per heavy atom. The van der Waals surface area contributed by atoms with Crippen LogP contribution in [0.2, 0.25) is 0 Å². The minimum absolute atomic E-state index is 0.0940. The Morgan fingerprint density at radius 3 is 1.45 bits per heavy atom. The highest BCUT2D eigenvalue weighted by atomic mass is 127. The lowest BCUT2D eigenvalue weighted by atomic mass is 10.0. The molecule has 0 atom stereocenters. The van der Waals surface area contributed by atoms with Crippen LogP contribution >= 0.6 is 45.2 Å². The lowest BCUT2D eigenvalue weighted by Gasteiger charge is -2.10. The molecule has 2 N–H and O–H groups in total. The van der Waals surface area contributed by atoms with Crippen LogP contribution in [0.4, 0.5) is 0 Å². The zero-order chi connectivity index (χ0) is 16.2. The summed E-state index contributed by atoms with van der Waals surface area (Å²) in [6.45, 7) is 0. The second-order valence-electron chi connectivity index (χ2n) is 4.64. The van der Waals surface area contributed by atoms with Crippen LogP contribution in [0, 0.1) is 7.14 Å². The van der Waals surface area contributed by atoms with Gasteiger partial charge in [0.1, 0.15) is 0 Å². The molecule has 0 aliphatic heterocycles. The molecule has 5 nitrogen and oxygen atoms in total. The van der Waals surface area contributed by atoms with Gasteiger partial charge in [-0.1, -0.05) is 0 Å². The average molecular weight is 520 g/mol. The maximum Gasteiger partial charge on any atom is 0.336 e. The molecule has 7 heteroatoms. The van der Waals surface area contributed by atoms with Gasteiger partial charge in [0.15, 0.2) is 5.78 Å². The fraction of sp³-hybridized carbons (Fsp3) is 0. The summed E-state index contributed by atoms with van der Waals surface area (Å²) in [6, 6.07) is 5.77. The van der Waals surface area contributed by atoms with Crippen LogP contribution in [-0.2, 0) is 0 Å². The van der Waals surface area contributed by atoms with Crippen molar-refractivity contribution in [2.75, 3.05) is 0 Å². The molecule has 0 saturated heterocycles. The third-order valence-electron chi connectivity index (χ3n) is 3.48. The highest BCUT2D eigenvalue weighted by molar-refractivity contribution is 14.1.